The van der Waals surface area contributed by atoms with Crippen LogP contribution in [-0.2, 0) is 16.0 Å². The summed E-state index contributed by atoms with van der Waals surface area (Å²) in [5.74, 6) is -0.234. The van der Waals surface area contributed by atoms with Crippen LogP contribution in [0.2, 0.25) is 0 Å². The minimum absolute atomic E-state index is 0.234. The lowest BCUT2D eigenvalue weighted by Crippen LogP contribution is -2.32. The van der Waals surface area contributed by atoms with E-state index in [1.807, 2.05) is 6.92 Å². The molecule has 108 valence electrons. The van der Waals surface area contributed by atoms with Crippen molar-refractivity contribution in [3.63, 3.8) is 0 Å². The van der Waals surface area contributed by atoms with Crippen LogP contribution < -0.4 is 5.32 Å². The van der Waals surface area contributed by atoms with Gasteiger partial charge in [-0.05, 0) is 31.7 Å². The van der Waals surface area contributed by atoms with Gasteiger partial charge in [0.15, 0.2) is 9.84 Å². The predicted octanol–water partition coefficient (Wildman–Crippen LogP) is 2.48. The third kappa shape index (κ3) is 4.50. The van der Waals surface area contributed by atoms with Crippen LogP contribution in [0.5, 0.6) is 0 Å². The number of benzene rings is 1. The first kappa shape index (κ1) is 16.0. The van der Waals surface area contributed by atoms with Gasteiger partial charge in [-0.3, -0.25) is 0 Å². The average Bonchev–Trinajstić information content (AvgIpc) is 2.27. The van der Waals surface area contributed by atoms with E-state index in [-0.39, 0.29) is 16.7 Å². The van der Waals surface area contributed by atoms with Crippen molar-refractivity contribution in [3.05, 3.63) is 29.8 Å². The molecule has 0 saturated carbocycles. The van der Waals surface area contributed by atoms with Crippen LogP contribution in [-0.4, -0.2) is 26.8 Å². The summed E-state index contributed by atoms with van der Waals surface area (Å²) >= 11 is 0. The first-order valence-corrected chi connectivity index (χ1v) is 7.45. The molecule has 3 nitrogen and oxygen atoms in total. The Bertz CT molecular complexity index is 526. The maximum atomic E-state index is 12.5. The van der Waals surface area contributed by atoms with Crippen molar-refractivity contribution in [2.75, 3.05) is 12.3 Å². The van der Waals surface area contributed by atoms with Crippen LogP contribution in [0.25, 0.3) is 0 Å². The van der Waals surface area contributed by atoms with Crippen LogP contribution in [0.3, 0.4) is 0 Å². The summed E-state index contributed by atoms with van der Waals surface area (Å²) in [6.07, 6.45) is -4.54. The second-order valence-electron chi connectivity index (χ2n) is 4.27. The van der Waals surface area contributed by atoms with Crippen LogP contribution in [0, 0.1) is 0 Å². The summed E-state index contributed by atoms with van der Waals surface area (Å²) in [6.45, 7) is 4.10. The van der Waals surface area contributed by atoms with Crippen molar-refractivity contribution in [2.45, 2.75) is 31.0 Å². The normalized spacial score (nSPS) is 14.4. The number of rotatable bonds is 5. The van der Waals surface area contributed by atoms with Crippen molar-refractivity contribution < 1.29 is 21.6 Å². The van der Waals surface area contributed by atoms with Gasteiger partial charge in [-0.1, -0.05) is 13.0 Å². The van der Waals surface area contributed by atoms with Crippen LogP contribution in [0.4, 0.5) is 13.2 Å². The lowest BCUT2D eigenvalue weighted by atomic mass is 10.2. The minimum atomic E-state index is -4.54. The summed E-state index contributed by atoms with van der Waals surface area (Å²) in [5.41, 5.74) is -0.954. The van der Waals surface area contributed by atoms with Gasteiger partial charge < -0.3 is 5.32 Å². The Hall–Kier alpha value is -1.08. The number of sulfone groups is 1. The Kier molecular flexibility index (Phi) is 4.98. The van der Waals surface area contributed by atoms with E-state index < -0.39 is 21.6 Å². The molecule has 0 bridgehead atoms. The second-order valence-corrected chi connectivity index (χ2v) is 6.30. The van der Waals surface area contributed by atoms with Crippen molar-refractivity contribution in [3.8, 4) is 0 Å². The maximum absolute atomic E-state index is 12.5. The molecule has 1 rings (SSSR count). The summed E-state index contributed by atoms with van der Waals surface area (Å²) in [6, 6.07) is 3.50. The van der Waals surface area contributed by atoms with Crippen molar-refractivity contribution in [1.29, 1.82) is 0 Å². The molecule has 0 saturated heterocycles. The molecule has 7 heteroatoms. The lowest BCUT2D eigenvalue weighted by Gasteiger charge is -2.14. The molecule has 0 radical (unpaired) electrons. The monoisotopic (exact) mass is 295 g/mol. The molecule has 1 N–H and O–H groups in total. The zero-order chi connectivity index (χ0) is 14.7. The largest absolute Gasteiger partial charge is 0.416 e. The third-order valence-corrected chi connectivity index (χ3v) is 4.45. The summed E-state index contributed by atoms with van der Waals surface area (Å²) in [4.78, 5) is -0.299. The van der Waals surface area contributed by atoms with Gasteiger partial charge in [0, 0.05) is 6.04 Å². The highest BCUT2D eigenvalue weighted by molar-refractivity contribution is 7.91. The number of nitrogens with one attached hydrogen (secondary N) is 1. The molecule has 0 heterocycles. The lowest BCUT2D eigenvalue weighted by molar-refractivity contribution is -0.137. The molecule has 0 aliphatic rings. The minimum Gasteiger partial charge on any atom is -0.314 e. The summed E-state index contributed by atoms with van der Waals surface area (Å²) in [5, 5.41) is 2.91. The third-order valence-electron chi connectivity index (χ3n) is 2.54. The van der Waals surface area contributed by atoms with Crippen LogP contribution >= 0.6 is 0 Å². The van der Waals surface area contributed by atoms with Crippen molar-refractivity contribution in [2.24, 2.45) is 0 Å². The summed E-state index contributed by atoms with van der Waals surface area (Å²) in [7, 11) is -3.73. The molecule has 1 aromatic carbocycles. The van der Waals surface area contributed by atoms with E-state index in [0.717, 1.165) is 12.1 Å². The van der Waals surface area contributed by atoms with Gasteiger partial charge in [-0.2, -0.15) is 13.2 Å². The molecule has 1 atom stereocenters. The SMILES string of the molecule is CCNC(C)CS(=O)(=O)c1cccc(C(F)(F)F)c1. The summed E-state index contributed by atoms with van der Waals surface area (Å²) < 4.78 is 61.6. The van der Waals surface area contributed by atoms with Gasteiger partial charge in [0.25, 0.3) is 0 Å². The Balaban J connectivity index is 3.02. The molecule has 0 fully saturated rings. The van der Waals surface area contributed by atoms with E-state index in [2.05, 4.69) is 5.32 Å². The van der Waals surface area contributed by atoms with Crippen LogP contribution in [0.15, 0.2) is 29.2 Å². The molecule has 0 aromatic heterocycles. The average molecular weight is 295 g/mol. The highest BCUT2D eigenvalue weighted by Crippen LogP contribution is 2.30. The molecular weight excluding hydrogens is 279 g/mol. The van der Waals surface area contributed by atoms with Crippen LogP contribution in [0.1, 0.15) is 19.4 Å². The fourth-order valence-corrected chi connectivity index (χ4v) is 3.26. The molecule has 19 heavy (non-hydrogen) atoms. The predicted molar refractivity (Wildman–Crippen MR) is 66.6 cm³/mol. The van der Waals surface area contributed by atoms with E-state index in [9.17, 15) is 21.6 Å². The van der Waals surface area contributed by atoms with Gasteiger partial charge >= 0.3 is 6.18 Å². The number of hydrogen-bond acceptors (Lipinski definition) is 3. The van der Waals surface area contributed by atoms with E-state index in [0.29, 0.717) is 12.6 Å². The van der Waals surface area contributed by atoms with Gasteiger partial charge in [0.05, 0.1) is 16.2 Å². The van der Waals surface area contributed by atoms with Gasteiger partial charge in [0.2, 0.25) is 0 Å². The van der Waals surface area contributed by atoms with Gasteiger partial charge in [-0.25, -0.2) is 8.42 Å². The second kappa shape index (κ2) is 5.92. The molecular formula is C12H16F3NO2S. The molecule has 0 amide bonds. The van der Waals surface area contributed by atoms with Crippen molar-refractivity contribution >= 4 is 9.84 Å². The smallest absolute Gasteiger partial charge is 0.314 e. The zero-order valence-electron chi connectivity index (χ0n) is 10.7. The highest BCUT2D eigenvalue weighted by atomic mass is 32.2. The van der Waals surface area contributed by atoms with E-state index in [1.54, 1.807) is 6.92 Å². The Morgan fingerprint density at radius 2 is 1.95 bits per heavy atom. The Morgan fingerprint density at radius 3 is 2.47 bits per heavy atom. The fraction of sp³-hybridized carbons (Fsp3) is 0.500. The molecule has 1 unspecified atom stereocenters. The van der Waals surface area contributed by atoms with E-state index in [4.69, 9.17) is 0 Å². The van der Waals surface area contributed by atoms with E-state index >= 15 is 0 Å². The quantitative estimate of drug-likeness (QED) is 0.907. The maximum Gasteiger partial charge on any atom is 0.416 e. The number of hydrogen-bond donors (Lipinski definition) is 1. The fourth-order valence-electron chi connectivity index (χ4n) is 1.70. The Morgan fingerprint density at radius 1 is 1.32 bits per heavy atom. The number of halogens is 3. The molecule has 0 aliphatic carbocycles. The highest BCUT2D eigenvalue weighted by Gasteiger charge is 2.31. The first-order chi connectivity index (χ1) is 8.66. The zero-order valence-corrected chi connectivity index (χ0v) is 11.5. The van der Waals surface area contributed by atoms with Gasteiger partial charge in [-0.15, -0.1) is 0 Å². The molecule has 1 aromatic rings. The van der Waals surface area contributed by atoms with Crippen molar-refractivity contribution in [1.82, 2.24) is 5.32 Å². The molecule has 0 aliphatic heterocycles. The molecule has 0 spiro atoms. The topological polar surface area (TPSA) is 46.2 Å². The number of alkyl halides is 3. The first-order valence-electron chi connectivity index (χ1n) is 5.80. The standard InChI is InChI=1S/C12H16F3NO2S/c1-3-16-9(2)8-19(17,18)11-6-4-5-10(7-11)12(13,14)15/h4-7,9,16H,3,8H2,1-2H3. The van der Waals surface area contributed by atoms with E-state index in [1.165, 1.54) is 6.07 Å². The Labute approximate surface area is 110 Å². The van der Waals surface area contributed by atoms with Gasteiger partial charge in [0.1, 0.15) is 0 Å².